The zero-order valence-electron chi connectivity index (χ0n) is 5.92. The maximum Gasteiger partial charge on any atom is 0.197 e. The van der Waals surface area contributed by atoms with Crippen molar-refractivity contribution in [2.24, 2.45) is 0 Å². The Morgan fingerprint density at radius 1 is 1.00 bits per heavy atom. The molecule has 0 aliphatic carbocycles. The normalized spacial score (nSPS) is 13.1. The Morgan fingerprint density at radius 2 is 1.54 bits per heavy atom. The lowest BCUT2D eigenvalue weighted by Gasteiger charge is -2.04. The van der Waals surface area contributed by atoms with Gasteiger partial charge in [-0.15, -0.1) is 0 Å². The molecule has 1 atom stereocenters. The summed E-state index contributed by atoms with van der Waals surface area (Å²) in [6, 6.07) is 0.257. The fourth-order valence-electron chi connectivity index (χ4n) is 0.750. The van der Waals surface area contributed by atoms with E-state index in [-0.39, 0.29) is 6.07 Å². The molecule has 0 bridgehead atoms. The third-order valence-electron chi connectivity index (χ3n) is 1.37. The predicted octanol–water partition coefficient (Wildman–Crippen LogP) is 3.61. The number of benzene rings is 1. The molecule has 0 amide bonds. The van der Waals surface area contributed by atoms with Crippen molar-refractivity contribution in [3.8, 4) is 0 Å². The summed E-state index contributed by atoms with van der Waals surface area (Å²) in [5, 5.41) is -2.07. The summed E-state index contributed by atoms with van der Waals surface area (Å²) in [6.07, 6.45) is 0. The van der Waals surface area contributed by atoms with E-state index in [0.29, 0.717) is 0 Å². The van der Waals surface area contributed by atoms with Gasteiger partial charge in [0.1, 0.15) is 0 Å². The van der Waals surface area contributed by atoms with Gasteiger partial charge in [0.05, 0.1) is 0 Å². The van der Waals surface area contributed by atoms with Gasteiger partial charge >= 0.3 is 0 Å². The first-order valence-corrected chi connectivity index (χ1v) is 3.97. The Labute approximate surface area is 78.5 Å². The van der Waals surface area contributed by atoms with Gasteiger partial charge in [-0.1, -0.05) is 0 Å². The highest BCUT2D eigenvalue weighted by Gasteiger charge is 2.22. The number of halogens is 6. The van der Waals surface area contributed by atoms with Crippen molar-refractivity contribution >= 4 is 15.9 Å². The molecule has 72 valence electrons. The molecule has 0 saturated heterocycles. The quantitative estimate of drug-likeness (QED) is 0.313. The number of rotatable bonds is 1. The number of hydrogen-bond acceptors (Lipinski definition) is 0. The van der Waals surface area contributed by atoms with Gasteiger partial charge in [0.15, 0.2) is 28.3 Å². The highest BCUT2D eigenvalue weighted by Crippen LogP contribution is 2.29. The molecule has 0 aliphatic rings. The Hall–Kier alpha value is -0.650. The Balaban J connectivity index is 3.41. The molecule has 0 nitrogen and oxygen atoms in total. The summed E-state index contributed by atoms with van der Waals surface area (Å²) < 4.78 is 62.2. The van der Waals surface area contributed by atoms with Crippen LogP contribution in [0.25, 0.3) is 0 Å². The van der Waals surface area contributed by atoms with Gasteiger partial charge in [0.25, 0.3) is 0 Å². The molecule has 0 aromatic heterocycles. The first-order chi connectivity index (χ1) is 5.95. The second-order valence-electron chi connectivity index (χ2n) is 2.19. The summed E-state index contributed by atoms with van der Waals surface area (Å²) in [5.74, 6) is -7.33. The second kappa shape index (κ2) is 3.61. The van der Waals surface area contributed by atoms with Crippen molar-refractivity contribution < 1.29 is 22.0 Å². The lowest BCUT2D eigenvalue weighted by atomic mass is 10.2. The maximum atomic E-state index is 12.6. The number of hydrogen-bond donors (Lipinski definition) is 0. The van der Waals surface area contributed by atoms with Crippen molar-refractivity contribution in [2.45, 2.75) is 5.08 Å². The minimum absolute atomic E-state index is 0.257. The van der Waals surface area contributed by atoms with E-state index >= 15 is 0 Å². The van der Waals surface area contributed by atoms with Gasteiger partial charge in [-0.05, 0) is 22.0 Å². The van der Waals surface area contributed by atoms with Crippen LogP contribution < -0.4 is 0 Å². The molecular formula is C7H2BrF5. The van der Waals surface area contributed by atoms with Crippen molar-refractivity contribution in [1.29, 1.82) is 0 Å². The first-order valence-electron chi connectivity index (χ1n) is 3.06. The lowest BCUT2D eigenvalue weighted by molar-refractivity contribution is 0.386. The molecule has 1 aromatic carbocycles. The van der Waals surface area contributed by atoms with Crippen LogP contribution in [0.3, 0.4) is 0 Å². The minimum Gasteiger partial charge on any atom is -0.230 e. The summed E-state index contributed by atoms with van der Waals surface area (Å²) >= 11 is 2.26. The molecule has 0 spiro atoms. The van der Waals surface area contributed by atoms with Gasteiger partial charge in [0.2, 0.25) is 0 Å². The molecule has 13 heavy (non-hydrogen) atoms. The highest BCUT2D eigenvalue weighted by atomic mass is 79.9. The number of alkyl halides is 2. The van der Waals surface area contributed by atoms with Gasteiger partial charge in [-0.25, -0.2) is 22.0 Å². The summed E-state index contributed by atoms with van der Waals surface area (Å²) in [4.78, 5) is 0. The van der Waals surface area contributed by atoms with Gasteiger partial charge in [0, 0.05) is 5.56 Å². The van der Waals surface area contributed by atoms with Crippen LogP contribution in [0.2, 0.25) is 0 Å². The summed E-state index contributed by atoms with van der Waals surface area (Å²) in [5.41, 5.74) is -0.906. The Bertz CT molecular complexity index is 336. The van der Waals surface area contributed by atoms with Crippen LogP contribution in [-0.2, 0) is 0 Å². The lowest BCUT2D eigenvalue weighted by Crippen LogP contribution is -2.01. The molecule has 1 unspecified atom stereocenters. The van der Waals surface area contributed by atoms with Crippen molar-refractivity contribution in [2.75, 3.05) is 0 Å². The standard InChI is InChI=1S/C7H2BrF5/c8-7(13)2-1-3(9)5(11)6(12)4(2)10/h1,7H. The smallest absolute Gasteiger partial charge is 0.197 e. The van der Waals surface area contributed by atoms with Gasteiger partial charge < -0.3 is 0 Å². The molecule has 0 saturated carbocycles. The zero-order valence-corrected chi connectivity index (χ0v) is 7.51. The summed E-state index contributed by atoms with van der Waals surface area (Å²) in [6.45, 7) is 0. The molecule has 6 heteroatoms. The van der Waals surface area contributed by atoms with Crippen LogP contribution >= 0.6 is 15.9 Å². The van der Waals surface area contributed by atoms with E-state index in [9.17, 15) is 22.0 Å². The molecule has 0 N–H and O–H groups in total. The fourth-order valence-corrected chi connectivity index (χ4v) is 1.08. The van der Waals surface area contributed by atoms with Gasteiger partial charge in [-0.2, -0.15) is 0 Å². The monoisotopic (exact) mass is 260 g/mol. The van der Waals surface area contributed by atoms with Crippen molar-refractivity contribution in [3.05, 3.63) is 34.9 Å². The van der Waals surface area contributed by atoms with E-state index in [4.69, 9.17) is 0 Å². The van der Waals surface area contributed by atoms with E-state index in [0.717, 1.165) is 0 Å². The third-order valence-corrected chi connectivity index (χ3v) is 1.86. The van der Waals surface area contributed by atoms with E-state index < -0.39 is 33.9 Å². The van der Waals surface area contributed by atoms with Crippen LogP contribution in [-0.4, -0.2) is 0 Å². The molecule has 0 aliphatic heterocycles. The van der Waals surface area contributed by atoms with Gasteiger partial charge in [-0.3, -0.25) is 0 Å². The van der Waals surface area contributed by atoms with Crippen LogP contribution in [0.5, 0.6) is 0 Å². The average molecular weight is 261 g/mol. The Kier molecular flexibility index (Phi) is 2.90. The topological polar surface area (TPSA) is 0 Å². The van der Waals surface area contributed by atoms with E-state index in [1.54, 1.807) is 0 Å². The van der Waals surface area contributed by atoms with E-state index in [1.165, 1.54) is 0 Å². The van der Waals surface area contributed by atoms with Crippen LogP contribution in [0.4, 0.5) is 22.0 Å². The van der Waals surface area contributed by atoms with Crippen molar-refractivity contribution in [1.82, 2.24) is 0 Å². The molecule has 1 aromatic rings. The first kappa shape index (κ1) is 10.4. The van der Waals surface area contributed by atoms with Crippen molar-refractivity contribution in [3.63, 3.8) is 0 Å². The minimum atomic E-state index is -2.07. The summed E-state index contributed by atoms with van der Waals surface area (Å²) in [7, 11) is 0. The van der Waals surface area contributed by atoms with E-state index in [1.807, 2.05) is 0 Å². The Morgan fingerprint density at radius 3 is 2.00 bits per heavy atom. The molecule has 0 heterocycles. The molecule has 1 rings (SSSR count). The fraction of sp³-hybridized carbons (Fsp3) is 0.143. The van der Waals surface area contributed by atoms with E-state index in [2.05, 4.69) is 15.9 Å². The van der Waals surface area contributed by atoms with Crippen LogP contribution in [0.15, 0.2) is 6.07 Å². The SMILES string of the molecule is Fc1cc(C(F)Br)c(F)c(F)c1F. The molecule has 0 fully saturated rings. The largest absolute Gasteiger partial charge is 0.230 e. The average Bonchev–Trinajstić information content (AvgIpc) is 2.07. The second-order valence-corrected chi connectivity index (χ2v) is 2.99. The predicted molar refractivity (Wildman–Crippen MR) is 39.1 cm³/mol. The van der Waals surface area contributed by atoms with Crippen LogP contribution in [0.1, 0.15) is 10.6 Å². The highest BCUT2D eigenvalue weighted by molar-refractivity contribution is 9.09. The van der Waals surface area contributed by atoms with Crippen LogP contribution in [0, 0.1) is 23.3 Å². The third kappa shape index (κ3) is 1.82. The maximum absolute atomic E-state index is 12.6. The molecular weight excluding hydrogens is 259 g/mol. The molecule has 0 radical (unpaired) electrons. The zero-order chi connectivity index (χ0) is 10.2.